The van der Waals surface area contributed by atoms with E-state index in [1.54, 1.807) is 19.2 Å². The number of benzene rings is 2. The molecule has 0 spiro atoms. The van der Waals surface area contributed by atoms with Crippen molar-refractivity contribution in [2.75, 3.05) is 13.7 Å². The first kappa shape index (κ1) is 15.6. The van der Waals surface area contributed by atoms with E-state index in [2.05, 4.69) is 5.32 Å². The molecular weight excluding hydrogens is 290 g/mol. The van der Waals surface area contributed by atoms with E-state index >= 15 is 0 Å². The summed E-state index contributed by atoms with van der Waals surface area (Å²) in [6.45, 7) is 0.510. The van der Waals surface area contributed by atoms with Crippen LogP contribution in [-0.2, 0) is 10.2 Å². The number of aliphatic hydroxyl groups excluding tert-OH is 1. The van der Waals surface area contributed by atoms with E-state index in [0.717, 1.165) is 24.2 Å². The fourth-order valence-electron chi connectivity index (χ4n) is 2.91. The summed E-state index contributed by atoms with van der Waals surface area (Å²) in [5.74, 6) is 0.486. The van der Waals surface area contributed by atoms with E-state index in [4.69, 9.17) is 4.74 Å². The third-order valence-corrected chi connectivity index (χ3v) is 4.50. The van der Waals surface area contributed by atoms with Crippen molar-refractivity contribution in [2.45, 2.75) is 24.4 Å². The average Bonchev–Trinajstić information content (AvgIpc) is 3.41. The SMILES string of the molecule is COc1ccccc1C1(CNC(=O)[C@H](O)c2ccccc2)CC1. The molecular formula is C19H21NO3. The molecule has 0 unspecified atom stereocenters. The van der Waals surface area contributed by atoms with E-state index in [0.29, 0.717) is 12.1 Å². The second-order valence-electron chi connectivity index (χ2n) is 6.01. The zero-order chi connectivity index (χ0) is 16.3. The second kappa shape index (κ2) is 6.42. The Labute approximate surface area is 136 Å². The first-order valence-corrected chi connectivity index (χ1v) is 7.80. The molecule has 1 aliphatic carbocycles. The monoisotopic (exact) mass is 311 g/mol. The lowest BCUT2D eigenvalue weighted by atomic mass is 9.94. The van der Waals surface area contributed by atoms with E-state index in [-0.39, 0.29) is 11.3 Å². The standard InChI is InChI=1S/C19H21NO3/c1-23-16-10-6-5-9-15(16)19(11-12-19)13-20-18(22)17(21)14-7-3-2-4-8-14/h2-10,17,21H,11-13H2,1H3,(H,20,22)/t17-/m1/s1. The van der Waals surface area contributed by atoms with E-state index in [1.165, 1.54) is 0 Å². The van der Waals surface area contributed by atoms with Crippen molar-refractivity contribution in [3.05, 3.63) is 65.7 Å². The Bertz CT molecular complexity index is 680. The summed E-state index contributed by atoms with van der Waals surface area (Å²) in [6, 6.07) is 16.9. The molecule has 4 nitrogen and oxygen atoms in total. The largest absolute Gasteiger partial charge is 0.496 e. The van der Waals surface area contributed by atoms with Gasteiger partial charge in [-0.15, -0.1) is 0 Å². The van der Waals surface area contributed by atoms with Gasteiger partial charge in [-0.2, -0.15) is 0 Å². The number of hydrogen-bond donors (Lipinski definition) is 2. The minimum atomic E-state index is -1.13. The number of aliphatic hydroxyl groups is 1. The lowest BCUT2D eigenvalue weighted by Gasteiger charge is -2.20. The van der Waals surface area contributed by atoms with Gasteiger partial charge < -0.3 is 15.2 Å². The molecule has 120 valence electrons. The molecule has 0 radical (unpaired) electrons. The van der Waals surface area contributed by atoms with Crippen LogP contribution >= 0.6 is 0 Å². The predicted molar refractivity (Wildman–Crippen MR) is 88.3 cm³/mol. The number of methoxy groups -OCH3 is 1. The molecule has 0 bridgehead atoms. The summed E-state index contributed by atoms with van der Waals surface area (Å²) in [7, 11) is 1.66. The van der Waals surface area contributed by atoms with Crippen LogP contribution in [0.15, 0.2) is 54.6 Å². The van der Waals surface area contributed by atoms with Gasteiger partial charge >= 0.3 is 0 Å². The average molecular weight is 311 g/mol. The van der Waals surface area contributed by atoms with Gasteiger partial charge in [0.15, 0.2) is 6.10 Å². The van der Waals surface area contributed by atoms with Crippen LogP contribution in [0.2, 0.25) is 0 Å². The van der Waals surface area contributed by atoms with Crippen molar-refractivity contribution in [1.29, 1.82) is 0 Å². The molecule has 0 heterocycles. The third kappa shape index (κ3) is 3.22. The molecule has 0 saturated heterocycles. The first-order chi connectivity index (χ1) is 11.2. The quantitative estimate of drug-likeness (QED) is 0.862. The molecule has 3 rings (SSSR count). The van der Waals surface area contributed by atoms with Crippen LogP contribution in [-0.4, -0.2) is 24.7 Å². The first-order valence-electron chi connectivity index (χ1n) is 7.80. The Morgan fingerprint density at radius 1 is 1.17 bits per heavy atom. The molecule has 23 heavy (non-hydrogen) atoms. The summed E-state index contributed by atoms with van der Waals surface area (Å²) in [6.07, 6.45) is 0.883. The maximum atomic E-state index is 12.2. The summed E-state index contributed by atoms with van der Waals surface area (Å²) in [5.41, 5.74) is 1.66. The Morgan fingerprint density at radius 2 is 1.83 bits per heavy atom. The second-order valence-corrected chi connectivity index (χ2v) is 6.01. The maximum absolute atomic E-state index is 12.2. The molecule has 2 aromatic carbocycles. The van der Waals surface area contributed by atoms with Crippen LogP contribution in [0, 0.1) is 0 Å². The van der Waals surface area contributed by atoms with Crippen LogP contribution in [0.4, 0.5) is 0 Å². The van der Waals surface area contributed by atoms with Crippen molar-refractivity contribution >= 4 is 5.91 Å². The van der Waals surface area contributed by atoms with Crippen LogP contribution in [0.5, 0.6) is 5.75 Å². The number of hydrogen-bond acceptors (Lipinski definition) is 3. The highest BCUT2D eigenvalue weighted by Gasteiger charge is 2.46. The normalized spacial score (nSPS) is 16.4. The number of para-hydroxylation sites is 1. The highest BCUT2D eigenvalue weighted by Crippen LogP contribution is 2.50. The summed E-state index contributed by atoms with van der Waals surface area (Å²) < 4.78 is 5.43. The number of rotatable bonds is 6. The van der Waals surface area contributed by atoms with Crippen molar-refractivity contribution in [3.63, 3.8) is 0 Å². The van der Waals surface area contributed by atoms with Crippen molar-refractivity contribution < 1.29 is 14.6 Å². The number of carbonyl (C=O) groups is 1. The topological polar surface area (TPSA) is 58.6 Å². The molecule has 1 aliphatic rings. The van der Waals surface area contributed by atoms with Gasteiger partial charge in [-0.05, 0) is 24.5 Å². The fourth-order valence-corrected chi connectivity index (χ4v) is 2.91. The molecule has 4 heteroatoms. The zero-order valence-corrected chi connectivity index (χ0v) is 13.2. The smallest absolute Gasteiger partial charge is 0.253 e. The molecule has 2 N–H and O–H groups in total. The molecule has 1 atom stereocenters. The number of ether oxygens (including phenoxy) is 1. The third-order valence-electron chi connectivity index (χ3n) is 4.50. The van der Waals surface area contributed by atoms with Gasteiger partial charge in [0.25, 0.3) is 5.91 Å². The molecule has 1 saturated carbocycles. The van der Waals surface area contributed by atoms with Gasteiger partial charge in [0.2, 0.25) is 0 Å². The minimum Gasteiger partial charge on any atom is -0.496 e. The van der Waals surface area contributed by atoms with Gasteiger partial charge in [-0.3, -0.25) is 4.79 Å². The van der Waals surface area contributed by atoms with Gasteiger partial charge in [0.1, 0.15) is 5.75 Å². The van der Waals surface area contributed by atoms with E-state index in [9.17, 15) is 9.90 Å². The lowest BCUT2D eigenvalue weighted by molar-refractivity contribution is -0.129. The van der Waals surface area contributed by atoms with Crippen LogP contribution in [0.3, 0.4) is 0 Å². The zero-order valence-electron chi connectivity index (χ0n) is 13.2. The molecule has 1 amide bonds. The Hall–Kier alpha value is -2.33. The number of carbonyl (C=O) groups excluding carboxylic acids is 1. The van der Waals surface area contributed by atoms with Gasteiger partial charge in [0, 0.05) is 17.5 Å². The van der Waals surface area contributed by atoms with Crippen molar-refractivity contribution in [1.82, 2.24) is 5.32 Å². The van der Waals surface area contributed by atoms with Gasteiger partial charge in [-0.25, -0.2) is 0 Å². The Balaban J connectivity index is 1.67. The van der Waals surface area contributed by atoms with Crippen LogP contribution in [0.1, 0.15) is 30.1 Å². The summed E-state index contributed by atoms with van der Waals surface area (Å²) >= 11 is 0. The highest BCUT2D eigenvalue weighted by atomic mass is 16.5. The minimum absolute atomic E-state index is 0.0708. The van der Waals surface area contributed by atoms with Crippen LogP contribution < -0.4 is 10.1 Å². The molecule has 1 fully saturated rings. The predicted octanol–water partition coefficient (Wildman–Crippen LogP) is 2.58. The summed E-state index contributed by atoms with van der Waals surface area (Å²) in [5, 5.41) is 13.0. The fraction of sp³-hybridized carbons (Fsp3) is 0.316. The lowest BCUT2D eigenvalue weighted by Crippen LogP contribution is -2.35. The summed E-state index contributed by atoms with van der Waals surface area (Å²) in [4.78, 5) is 12.2. The maximum Gasteiger partial charge on any atom is 0.253 e. The molecule has 2 aromatic rings. The number of amides is 1. The van der Waals surface area contributed by atoms with Gasteiger partial charge in [0.05, 0.1) is 7.11 Å². The van der Waals surface area contributed by atoms with Crippen LogP contribution in [0.25, 0.3) is 0 Å². The highest BCUT2D eigenvalue weighted by molar-refractivity contribution is 5.82. The van der Waals surface area contributed by atoms with Gasteiger partial charge in [-0.1, -0.05) is 48.5 Å². The Kier molecular flexibility index (Phi) is 4.35. The van der Waals surface area contributed by atoms with Crippen molar-refractivity contribution in [3.8, 4) is 5.75 Å². The van der Waals surface area contributed by atoms with Crippen molar-refractivity contribution in [2.24, 2.45) is 0 Å². The molecule has 0 aliphatic heterocycles. The van der Waals surface area contributed by atoms with E-state index in [1.807, 2.05) is 42.5 Å². The van der Waals surface area contributed by atoms with E-state index < -0.39 is 6.10 Å². The molecule has 0 aromatic heterocycles. The number of nitrogens with one attached hydrogen (secondary N) is 1. The Morgan fingerprint density at radius 3 is 2.48 bits per heavy atom.